The van der Waals surface area contributed by atoms with Gasteiger partial charge in [0.05, 0.1) is 39.1 Å². The molecule has 0 saturated heterocycles. The fourth-order valence-electron chi connectivity index (χ4n) is 11.9. The van der Waals surface area contributed by atoms with E-state index in [0.717, 1.165) is 85.8 Å². The Morgan fingerprint density at radius 2 is 1.17 bits per heavy atom. The summed E-state index contributed by atoms with van der Waals surface area (Å²) in [6, 6.07) is 60.2. The van der Waals surface area contributed by atoms with Crippen LogP contribution in [0.3, 0.4) is 0 Å². The fraction of sp³-hybridized carbons (Fsp3) is 0.242. The van der Waals surface area contributed by atoms with Gasteiger partial charge >= 0.3 is 0 Å². The number of benzene rings is 8. The Labute approximate surface area is 434 Å². The molecule has 1 aliphatic carbocycles. The normalized spacial score (nSPS) is 15.6. The van der Waals surface area contributed by atoms with E-state index in [1.54, 1.807) is 11.3 Å². The molecule has 10 aromatic rings. The second-order valence-corrected chi connectivity index (χ2v) is 24.4. The zero-order valence-corrected chi connectivity index (χ0v) is 44.7. The van der Waals surface area contributed by atoms with Gasteiger partial charge in [-0.15, -0.1) is 11.3 Å². The van der Waals surface area contributed by atoms with Crippen molar-refractivity contribution in [1.29, 1.82) is 0 Å². The summed E-state index contributed by atoms with van der Waals surface area (Å²) in [6.07, 6.45) is 2.27. The molecule has 4 nitrogen and oxygen atoms in total. The number of furan rings is 1. The zero-order valence-electron chi connectivity index (χ0n) is 43.1. The van der Waals surface area contributed by atoms with Crippen molar-refractivity contribution in [1.82, 2.24) is 0 Å². The van der Waals surface area contributed by atoms with Crippen LogP contribution in [0.5, 0.6) is 0 Å². The quantitative estimate of drug-likeness (QED) is 0.159. The van der Waals surface area contributed by atoms with Crippen LogP contribution < -0.4 is 14.7 Å². The van der Waals surface area contributed by atoms with Crippen LogP contribution in [0.4, 0.5) is 51.2 Å². The van der Waals surface area contributed by atoms with Crippen LogP contribution in [-0.2, 0) is 21.7 Å². The first-order chi connectivity index (χ1) is 34.4. The summed E-state index contributed by atoms with van der Waals surface area (Å²) in [4.78, 5) is 7.23. The van der Waals surface area contributed by atoms with E-state index in [1.807, 2.05) is 6.07 Å². The molecule has 0 bridgehead atoms. The van der Waals surface area contributed by atoms with Crippen molar-refractivity contribution in [3.63, 3.8) is 0 Å². The third-order valence-electron chi connectivity index (χ3n) is 16.0. The molecule has 6 heteroatoms. The highest BCUT2D eigenvalue weighted by molar-refractivity contribution is 7.17. The van der Waals surface area contributed by atoms with Crippen molar-refractivity contribution < 1.29 is 4.42 Å². The lowest BCUT2D eigenvalue weighted by Gasteiger charge is -2.43. The van der Waals surface area contributed by atoms with E-state index in [4.69, 9.17) is 16.0 Å². The Morgan fingerprint density at radius 1 is 0.542 bits per heavy atom. The number of rotatable bonds is 7. The molecule has 1 aliphatic heterocycles. The van der Waals surface area contributed by atoms with Gasteiger partial charge in [-0.25, -0.2) is 0 Å². The van der Waals surface area contributed by atoms with E-state index in [-0.39, 0.29) is 21.7 Å². The van der Waals surface area contributed by atoms with Gasteiger partial charge in [0.2, 0.25) is 0 Å². The summed E-state index contributed by atoms with van der Waals surface area (Å²) in [5.41, 5.74) is 18.4. The van der Waals surface area contributed by atoms with E-state index >= 15 is 0 Å². The lowest BCUT2D eigenvalue weighted by Crippen LogP contribution is -2.34. The number of halogens is 1. The van der Waals surface area contributed by atoms with Gasteiger partial charge in [0, 0.05) is 48.7 Å². The molecule has 0 atom stereocenters. The molecule has 360 valence electrons. The van der Waals surface area contributed by atoms with Gasteiger partial charge in [-0.1, -0.05) is 159 Å². The molecule has 0 N–H and O–H groups in total. The largest absolute Gasteiger partial charge is 0.454 e. The predicted molar refractivity (Wildman–Crippen MR) is 309 cm³/mol. The van der Waals surface area contributed by atoms with Gasteiger partial charge in [0.15, 0.2) is 5.58 Å². The number of nitrogens with zero attached hydrogens (tertiary/aromatic N) is 3. The molecule has 0 spiro atoms. The number of thiophene rings is 1. The number of fused-ring (bicyclic) bond motifs is 7. The number of hydrogen-bond acceptors (Lipinski definition) is 5. The van der Waals surface area contributed by atoms with Gasteiger partial charge in [0.1, 0.15) is 5.58 Å². The minimum Gasteiger partial charge on any atom is -0.454 e. The topological polar surface area (TPSA) is 22.9 Å². The van der Waals surface area contributed by atoms with Crippen LogP contribution in [0.1, 0.15) is 109 Å². The van der Waals surface area contributed by atoms with Crippen molar-refractivity contribution in [2.24, 2.45) is 0 Å². The van der Waals surface area contributed by atoms with Gasteiger partial charge in [-0.2, -0.15) is 0 Å². The summed E-state index contributed by atoms with van der Waals surface area (Å²) in [6.45, 7) is 23.4. The Kier molecular flexibility index (Phi) is 10.7. The van der Waals surface area contributed by atoms with Gasteiger partial charge in [-0.05, 0) is 148 Å². The average molecular weight is 981 g/mol. The highest BCUT2D eigenvalue weighted by atomic mass is 35.5. The summed E-state index contributed by atoms with van der Waals surface area (Å²) in [5, 5.41) is 6.31. The highest BCUT2D eigenvalue weighted by Gasteiger charge is 2.40. The predicted octanol–water partition coefficient (Wildman–Crippen LogP) is 20.5. The molecular weight excluding hydrogens is 918 g/mol. The van der Waals surface area contributed by atoms with E-state index in [0.29, 0.717) is 5.02 Å². The minimum atomic E-state index is -0.275. The number of hydrogen-bond donors (Lipinski definition) is 0. The molecule has 0 unspecified atom stereocenters. The molecule has 0 amide bonds. The van der Waals surface area contributed by atoms with E-state index < -0.39 is 0 Å². The molecular formula is C66H62ClN3OS. The first kappa shape index (κ1) is 46.3. The Morgan fingerprint density at radius 3 is 1.92 bits per heavy atom. The van der Waals surface area contributed by atoms with Crippen LogP contribution in [0, 0.1) is 6.92 Å². The number of anilines is 9. The summed E-state index contributed by atoms with van der Waals surface area (Å²) in [7, 11) is 0. The Hall–Kier alpha value is -6.79. The van der Waals surface area contributed by atoms with Crippen molar-refractivity contribution >= 4 is 106 Å². The minimum absolute atomic E-state index is 0.00142. The highest BCUT2D eigenvalue weighted by Crippen LogP contribution is 2.57. The lowest BCUT2D eigenvalue weighted by molar-refractivity contribution is 0.332. The first-order valence-corrected chi connectivity index (χ1v) is 26.7. The van der Waals surface area contributed by atoms with Crippen molar-refractivity contribution in [2.45, 2.75) is 104 Å². The fourth-order valence-corrected chi connectivity index (χ4v) is 13.0. The zero-order chi connectivity index (χ0) is 50.1. The van der Waals surface area contributed by atoms with Crippen molar-refractivity contribution in [2.75, 3.05) is 14.7 Å². The Balaban J connectivity index is 1.14. The summed E-state index contributed by atoms with van der Waals surface area (Å²) >= 11 is 10.1. The maximum atomic E-state index is 8.33. The number of para-hydroxylation sites is 4. The summed E-state index contributed by atoms with van der Waals surface area (Å²) in [5.74, 6) is 0. The van der Waals surface area contributed by atoms with E-state index in [9.17, 15) is 0 Å². The molecule has 12 rings (SSSR count). The third-order valence-corrected chi connectivity index (χ3v) is 17.4. The van der Waals surface area contributed by atoms with Crippen LogP contribution in [0.25, 0.3) is 32.0 Å². The van der Waals surface area contributed by atoms with Gasteiger partial charge in [-0.3, -0.25) is 0 Å². The molecule has 3 heterocycles. The molecule has 2 aliphatic rings. The van der Waals surface area contributed by atoms with Crippen molar-refractivity contribution in [3.05, 3.63) is 208 Å². The summed E-state index contributed by atoms with van der Waals surface area (Å²) < 4.78 is 8.18. The second kappa shape index (κ2) is 16.6. The monoisotopic (exact) mass is 979 g/mol. The average Bonchev–Trinajstić information content (AvgIpc) is 3.96. The molecule has 8 aromatic carbocycles. The van der Waals surface area contributed by atoms with Crippen LogP contribution >= 0.6 is 22.9 Å². The van der Waals surface area contributed by atoms with Crippen LogP contribution in [0.15, 0.2) is 174 Å². The second-order valence-electron chi connectivity index (χ2n) is 23.1. The van der Waals surface area contributed by atoms with Gasteiger partial charge < -0.3 is 19.1 Å². The van der Waals surface area contributed by atoms with Crippen LogP contribution in [-0.4, -0.2) is 0 Å². The van der Waals surface area contributed by atoms with Crippen LogP contribution in [0.2, 0.25) is 5.02 Å². The number of aryl methyl sites for hydroxylation is 1. The standard InChI is InChI=1S/C66H62ClN3OS/c1-41-35-56(61(67)57(36-41)70(58-40-72-60-32-27-42(37-48(58)60)63(2,3)4)44-28-30-49-52(38-44)65(7,8)34-33-64(49,5)6)69(54-25-18-22-47-46-21-14-17-26-59(46)71-62(47)54)45-29-31-51-55(39-45)68(43-19-12-11-13-20-43)53-24-16-15-23-50(53)66(51,9)10/h11-32,35-40H,33-34H2,1-10H3. The molecule has 2 aromatic heterocycles. The first-order valence-electron chi connectivity index (χ1n) is 25.5. The smallest absolute Gasteiger partial charge is 0.159 e. The third kappa shape index (κ3) is 7.37. The Bertz CT molecular complexity index is 3780. The molecule has 0 radical (unpaired) electrons. The molecule has 0 fully saturated rings. The van der Waals surface area contributed by atoms with Crippen molar-refractivity contribution in [3.8, 4) is 0 Å². The molecule has 0 saturated carbocycles. The van der Waals surface area contributed by atoms with E-state index in [2.05, 4.69) is 247 Å². The van der Waals surface area contributed by atoms with Gasteiger partial charge in [0.25, 0.3) is 0 Å². The SMILES string of the molecule is Cc1cc(N(c2ccc3c(c2)C(C)(C)CCC3(C)C)c2csc3ccc(C(C)(C)C)cc23)c(Cl)c(N(c2ccc3c(c2)N(c2ccccc2)c2ccccc2C3(C)C)c2cccc3c2oc2ccccc23)c1. The lowest BCUT2D eigenvalue weighted by atomic mass is 9.63. The molecule has 72 heavy (non-hydrogen) atoms. The maximum absolute atomic E-state index is 8.33. The van der Waals surface area contributed by atoms with E-state index in [1.165, 1.54) is 43.6 Å². The maximum Gasteiger partial charge on any atom is 0.159 e.